The van der Waals surface area contributed by atoms with E-state index in [2.05, 4.69) is 48.5 Å². The number of rotatable bonds is 1. The number of fused-ring (bicyclic) bond motifs is 1. The molecule has 2 heteroatoms. The van der Waals surface area contributed by atoms with Crippen molar-refractivity contribution in [3.05, 3.63) is 65.7 Å². The summed E-state index contributed by atoms with van der Waals surface area (Å²) >= 11 is 0. The fraction of sp³-hybridized carbons (Fsp3) is 0.200. The summed E-state index contributed by atoms with van der Waals surface area (Å²) < 4.78 is 0. The molecule has 2 nitrogen and oxygen atoms in total. The van der Waals surface area contributed by atoms with E-state index in [0.29, 0.717) is 5.75 Å². The van der Waals surface area contributed by atoms with E-state index in [1.54, 1.807) is 0 Å². The molecule has 3 N–H and O–H groups in total. The summed E-state index contributed by atoms with van der Waals surface area (Å²) in [4.78, 5) is 0. The highest BCUT2D eigenvalue weighted by atomic mass is 16.3. The molecule has 0 unspecified atom stereocenters. The standard InChI is InChI=1S/C18H16O.C2H7N/c1-12-11-18(19)13(2)10-17(12)16-9-5-7-14-6-3-4-8-15(14)16;1-2-3/h3-11,19H,1-2H3;2-3H2,1H3. The second-order valence-corrected chi connectivity index (χ2v) is 5.39. The number of phenols is 1. The van der Waals surface area contributed by atoms with E-state index in [0.717, 1.165) is 17.7 Å². The van der Waals surface area contributed by atoms with E-state index in [-0.39, 0.29) is 0 Å². The Hall–Kier alpha value is -2.32. The minimum Gasteiger partial charge on any atom is -0.508 e. The highest BCUT2D eigenvalue weighted by molar-refractivity contribution is 5.97. The Labute approximate surface area is 132 Å². The predicted octanol–water partition coefficient (Wildman–Crippen LogP) is 4.79. The normalized spacial score (nSPS) is 10.2. The molecule has 0 radical (unpaired) electrons. The first kappa shape index (κ1) is 16.1. The molecule has 0 atom stereocenters. The van der Waals surface area contributed by atoms with Gasteiger partial charge in [0.15, 0.2) is 0 Å². The van der Waals surface area contributed by atoms with Gasteiger partial charge in [-0.1, -0.05) is 49.4 Å². The molecule has 0 amide bonds. The number of phenolic OH excluding ortho intramolecular Hbond substituents is 1. The Bertz CT molecular complexity index is 773. The summed E-state index contributed by atoms with van der Waals surface area (Å²) in [5.74, 6) is 0.362. The van der Waals surface area contributed by atoms with Gasteiger partial charge < -0.3 is 10.8 Å². The number of hydrogen-bond donors (Lipinski definition) is 2. The molecule has 0 aromatic heterocycles. The fourth-order valence-electron chi connectivity index (χ4n) is 2.55. The summed E-state index contributed by atoms with van der Waals surface area (Å²) in [6.07, 6.45) is 0. The van der Waals surface area contributed by atoms with Crippen LogP contribution in [0.15, 0.2) is 54.6 Å². The van der Waals surface area contributed by atoms with Gasteiger partial charge in [-0.25, -0.2) is 0 Å². The van der Waals surface area contributed by atoms with E-state index in [1.807, 2.05) is 26.8 Å². The lowest BCUT2D eigenvalue weighted by Crippen LogP contribution is -1.87. The molecule has 0 aliphatic heterocycles. The Morgan fingerprint density at radius 3 is 2.23 bits per heavy atom. The largest absolute Gasteiger partial charge is 0.508 e. The third-order valence-electron chi connectivity index (χ3n) is 3.62. The number of nitrogens with two attached hydrogens (primary N) is 1. The van der Waals surface area contributed by atoms with Gasteiger partial charge in [0.1, 0.15) is 5.75 Å². The molecule has 0 saturated carbocycles. The molecule has 3 aromatic rings. The summed E-state index contributed by atoms with van der Waals surface area (Å²) in [5, 5.41) is 12.3. The number of aromatic hydroxyl groups is 1. The van der Waals surface area contributed by atoms with Crippen molar-refractivity contribution in [2.75, 3.05) is 6.54 Å². The second kappa shape index (κ2) is 7.10. The number of hydrogen-bond acceptors (Lipinski definition) is 2. The van der Waals surface area contributed by atoms with Crippen LogP contribution in [0.25, 0.3) is 21.9 Å². The maximum atomic E-state index is 9.78. The van der Waals surface area contributed by atoms with Crippen LogP contribution in [-0.2, 0) is 0 Å². The molecule has 0 aliphatic rings. The van der Waals surface area contributed by atoms with E-state index < -0.39 is 0 Å². The first-order valence-corrected chi connectivity index (χ1v) is 7.57. The minimum atomic E-state index is 0.362. The molecule has 22 heavy (non-hydrogen) atoms. The highest BCUT2D eigenvalue weighted by Gasteiger charge is 2.08. The van der Waals surface area contributed by atoms with Crippen molar-refractivity contribution in [2.24, 2.45) is 5.73 Å². The highest BCUT2D eigenvalue weighted by Crippen LogP contribution is 2.33. The zero-order chi connectivity index (χ0) is 16.1. The lowest BCUT2D eigenvalue weighted by atomic mass is 9.93. The van der Waals surface area contributed by atoms with Gasteiger partial charge in [0.05, 0.1) is 0 Å². The fourth-order valence-corrected chi connectivity index (χ4v) is 2.55. The van der Waals surface area contributed by atoms with E-state index in [9.17, 15) is 5.11 Å². The molecule has 0 aliphatic carbocycles. The zero-order valence-electron chi connectivity index (χ0n) is 13.4. The van der Waals surface area contributed by atoms with Crippen LogP contribution in [0, 0.1) is 13.8 Å². The van der Waals surface area contributed by atoms with Gasteiger partial charge in [-0.3, -0.25) is 0 Å². The Balaban J connectivity index is 0.000000545. The maximum Gasteiger partial charge on any atom is 0.118 e. The summed E-state index contributed by atoms with van der Waals surface area (Å²) in [6.45, 7) is 6.62. The van der Waals surface area contributed by atoms with Gasteiger partial charge >= 0.3 is 0 Å². The van der Waals surface area contributed by atoms with Crippen molar-refractivity contribution >= 4 is 10.8 Å². The molecule has 0 saturated heterocycles. The van der Waals surface area contributed by atoms with Crippen molar-refractivity contribution in [3.8, 4) is 16.9 Å². The van der Waals surface area contributed by atoms with Crippen LogP contribution < -0.4 is 5.73 Å². The summed E-state index contributed by atoms with van der Waals surface area (Å²) in [6, 6.07) is 18.6. The molecule has 0 spiro atoms. The quantitative estimate of drug-likeness (QED) is 0.677. The second-order valence-electron chi connectivity index (χ2n) is 5.39. The van der Waals surface area contributed by atoms with Crippen LogP contribution in [0.3, 0.4) is 0 Å². The van der Waals surface area contributed by atoms with Gasteiger partial charge in [-0.15, -0.1) is 0 Å². The van der Waals surface area contributed by atoms with Crippen molar-refractivity contribution in [2.45, 2.75) is 20.8 Å². The van der Waals surface area contributed by atoms with Gasteiger partial charge in [-0.05, 0) is 65.6 Å². The molecule has 0 bridgehead atoms. The molecule has 0 heterocycles. The molecule has 3 aromatic carbocycles. The predicted molar refractivity (Wildman–Crippen MR) is 95.3 cm³/mol. The monoisotopic (exact) mass is 293 g/mol. The van der Waals surface area contributed by atoms with Crippen LogP contribution in [0.1, 0.15) is 18.1 Å². The molecule has 0 fully saturated rings. The Morgan fingerprint density at radius 2 is 1.50 bits per heavy atom. The van der Waals surface area contributed by atoms with Gasteiger partial charge in [0, 0.05) is 0 Å². The first-order valence-electron chi connectivity index (χ1n) is 7.57. The SMILES string of the molecule is CCN.Cc1cc(-c2cccc3ccccc23)c(C)cc1O. The van der Waals surface area contributed by atoms with Crippen molar-refractivity contribution in [1.82, 2.24) is 0 Å². The van der Waals surface area contributed by atoms with Gasteiger partial charge in [0.25, 0.3) is 0 Å². The minimum absolute atomic E-state index is 0.362. The van der Waals surface area contributed by atoms with Crippen LogP contribution in [0.2, 0.25) is 0 Å². The third-order valence-corrected chi connectivity index (χ3v) is 3.62. The van der Waals surface area contributed by atoms with Crippen molar-refractivity contribution in [3.63, 3.8) is 0 Å². The maximum absolute atomic E-state index is 9.78. The average Bonchev–Trinajstić information content (AvgIpc) is 2.51. The van der Waals surface area contributed by atoms with Crippen molar-refractivity contribution in [1.29, 1.82) is 0 Å². The van der Waals surface area contributed by atoms with E-state index >= 15 is 0 Å². The number of aryl methyl sites for hydroxylation is 2. The topological polar surface area (TPSA) is 46.2 Å². The lowest BCUT2D eigenvalue weighted by molar-refractivity contribution is 0.471. The average molecular weight is 293 g/mol. The Kier molecular flexibility index (Phi) is 5.18. The molecular formula is C20H23NO. The smallest absolute Gasteiger partial charge is 0.118 e. The summed E-state index contributed by atoms with van der Waals surface area (Å²) in [5.41, 5.74) is 9.26. The zero-order valence-corrected chi connectivity index (χ0v) is 13.4. The summed E-state index contributed by atoms with van der Waals surface area (Å²) in [7, 11) is 0. The molecular weight excluding hydrogens is 270 g/mol. The molecule has 3 rings (SSSR count). The van der Waals surface area contributed by atoms with Crippen LogP contribution in [0.5, 0.6) is 5.75 Å². The number of benzene rings is 3. The van der Waals surface area contributed by atoms with Crippen LogP contribution in [-0.4, -0.2) is 11.7 Å². The van der Waals surface area contributed by atoms with Crippen molar-refractivity contribution < 1.29 is 5.11 Å². The van der Waals surface area contributed by atoms with E-state index in [4.69, 9.17) is 5.73 Å². The molecule has 114 valence electrons. The van der Waals surface area contributed by atoms with Crippen LogP contribution in [0.4, 0.5) is 0 Å². The lowest BCUT2D eigenvalue weighted by Gasteiger charge is -2.12. The van der Waals surface area contributed by atoms with Gasteiger partial charge in [0.2, 0.25) is 0 Å². The third kappa shape index (κ3) is 3.29. The first-order chi connectivity index (χ1) is 10.6. The van der Waals surface area contributed by atoms with Gasteiger partial charge in [-0.2, -0.15) is 0 Å². The van der Waals surface area contributed by atoms with E-state index in [1.165, 1.54) is 21.9 Å². The Morgan fingerprint density at radius 1 is 0.864 bits per heavy atom. The van der Waals surface area contributed by atoms with Crippen LogP contribution >= 0.6 is 0 Å².